The van der Waals surface area contributed by atoms with E-state index in [1.54, 1.807) is 17.4 Å². The summed E-state index contributed by atoms with van der Waals surface area (Å²) in [4.78, 5) is 13.0. The van der Waals surface area contributed by atoms with Gasteiger partial charge in [0.25, 0.3) is 0 Å². The molecule has 0 aliphatic rings. The van der Waals surface area contributed by atoms with E-state index in [2.05, 4.69) is 18.2 Å². The highest BCUT2D eigenvalue weighted by Gasteiger charge is 2.19. The molecule has 4 aromatic rings. The first kappa shape index (κ1) is 15.4. The average molecular weight is 375 g/mol. The van der Waals surface area contributed by atoms with E-state index in [4.69, 9.17) is 16.0 Å². The fourth-order valence-corrected chi connectivity index (χ4v) is 4.67. The lowest BCUT2D eigenvalue weighted by molar-refractivity contribution is -0.136. The highest BCUT2D eigenvalue weighted by molar-refractivity contribution is 7.22. The van der Waals surface area contributed by atoms with E-state index in [1.165, 1.54) is 16.0 Å². The van der Waals surface area contributed by atoms with E-state index in [9.17, 15) is 9.90 Å². The number of fused-ring (bicyclic) bond motifs is 1. The fourth-order valence-electron chi connectivity index (χ4n) is 2.59. The molecule has 1 aromatic carbocycles. The second-order valence-electron chi connectivity index (χ2n) is 5.29. The van der Waals surface area contributed by atoms with Gasteiger partial charge in [0.05, 0.1) is 20.5 Å². The summed E-state index contributed by atoms with van der Waals surface area (Å²) in [5.41, 5.74) is 0.661. The topological polar surface area (TPSA) is 50.4 Å². The normalized spacial score (nSPS) is 11.2. The molecule has 0 saturated carbocycles. The van der Waals surface area contributed by atoms with E-state index in [-0.39, 0.29) is 6.42 Å². The Morgan fingerprint density at radius 2 is 1.92 bits per heavy atom. The predicted octanol–water partition coefficient (Wildman–Crippen LogP) is 6.17. The molecule has 24 heavy (non-hydrogen) atoms. The standard InChI is InChI=1S/C18H11ClO3S2/c19-16-6-5-14(24-16)18-11(9-17(20)21)7-12(22-18)15-8-10-3-1-2-4-13(10)23-15/h1-8H,9H2,(H,20,21). The zero-order chi connectivity index (χ0) is 16.7. The zero-order valence-corrected chi connectivity index (χ0v) is 14.7. The van der Waals surface area contributed by atoms with Gasteiger partial charge >= 0.3 is 5.97 Å². The van der Waals surface area contributed by atoms with Gasteiger partial charge in [-0.25, -0.2) is 0 Å². The molecule has 3 nitrogen and oxygen atoms in total. The number of furan rings is 1. The van der Waals surface area contributed by atoms with E-state index in [1.807, 2.05) is 24.3 Å². The Morgan fingerprint density at radius 3 is 2.62 bits per heavy atom. The number of hydrogen-bond donors (Lipinski definition) is 1. The van der Waals surface area contributed by atoms with Crippen LogP contribution in [0.5, 0.6) is 0 Å². The van der Waals surface area contributed by atoms with Crippen molar-refractivity contribution < 1.29 is 14.3 Å². The maximum Gasteiger partial charge on any atom is 0.307 e. The van der Waals surface area contributed by atoms with E-state index < -0.39 is 5.97 Å². The van der Waals surface area contributed by atoms with Gasteiger partial charge in [-0.1, -0.05) is 29.8 Å². The monoisotopic (exact) mass is 374 g/mol. The van der Waals surface area contributed by atoms with E-state index in [0.29, 0.717) is 21.4 Å². The Balaban J connectivity index is 1.84. The summed E-state index contributed by atoms with van der Waals surface area (Å²) < 4.78 is 7.84. The molecule has 0 amide bonds. The van der Waals surface area contributed by atoms with Crippen LogP contribution in [0.3, 0.4) is 0 Å². The van der Waals surface area contributed by atoms with Gasteiger partial charge in [0.2, 0.25) is 0 Å². The Labute approximate surface area is 150 Å². The van der Waals surface area contributed by atoms with E-state index in [0.717, 1.165) is 15.1 Å². The molecule has 0 atom stereocenters. The van der Waals surface area contributed by atoms with Crippen LogP contribution >= 0.6 is 34.3 Å². The average Bonchev–Trinajstić information content (AvgIpc) is 3.23. The number of aliphatic carboxylic acids is 1. The maximum absolute atomic E-state index is 11.2. The second-order valence-corrected chi connectivity index (χ2v) is 8.09. The van der Waals surface area contributed by atoms with Crippen molar-refractivity contribution in [3.05, 3.63) is 58.4 Å². The molecule has 0 fully saturated rings. The van der Waals surface area contributed by atoms with Gasteiger partial charge in [-0.2, -0.15) is 0 Å². The molecule has 0 aliphatic heterocycles. The van der Waals surface area contributed by atoms with Crippen LogP contribution in [0.2, 0.25) is 4.34 Å². The molecule has 0 bridgehead atoms. The Hall–Kier alpha value is -2.08. The SMILES string of the molecule is O=C(O)Cc1cc(-c2cc3ccccc3s2)oc1-c1ccc(Cl)s1. The van der Waals surface area contributed by atoms with Crippen LogP contribution in [0.1, 0.15) is 5.56 Å². The van der Waals surface area contributed by atoms with Crippen molar-refractivity contribution >= 4 is 50.3 Å². The van der Waals surface area contributed by atoms with Crippen LogP contribution in [0.4, 0.5) is 0 Å². The van der Waals surface area contributed by atoms with Crippen molar-refractivity contribution in [2.75, 3.05) is 0 Å². The lowest BCUT2D eigenvalue weighted by Gasteiger charge is -1.96. The summed E-state index contributed by atoms with van der Waals surface area (Å²) in [5.74, 6) is 0.385. The van der Waals surface area contributed by atoms with Gasteiger partial charge in [0.15, 0.2) is 0 Å². The Kier molecular flexibility index (Phi) is 3.92. The lowest BCUT2D eigenvalue weighted by atomic mass is 10.1. The molecule has 4 rings (SSSR count). The number of hydrogen-bond acceptors (Lipinski definition) is 4. The van der Waals surface area contributed by atoms with Crippen molar-refractivity contribution in [1.82, 2.24) is 0 Å². The third-order valence-corrected chi connectivity index (χ3v) is 5.98. The number of halogens is 1. The summed E-state index contributed by atoms with van der Waals surface area (Å²) in [7, 11) is 0. The molecule has 3 aromatic heterocycles. The minimum atomic E-state index is -0.886. The van der Waals surface area contributed by atoms with Crippen LogP contribution in [-0.4, -0.2) is 11.1 Å². The quantitative estimate of drug-likeness (QED) is 0.464. The molecule has 0 aliphatic carbocycles. The van der Waals surface area contributed by atoms with Crippen molar-refractivity contribution in [1.29, 1.82) is 0 Å². The highest BCUT2D eigenvalue weighted by atomic mass is 35.5. The molecule has 0 saturated heterocycles. The van der Waals surface area contributed by atoms with Gasteiger partial charge in [-0.15, -0.1) is 22.7 Å². The van der Waals surface area contributed by atoms with Crippen molar-refractivity contribution in [3.63, 3.8) is 0 Å². The summed E-state index contributed by atoms with van der Waals surface area (Å²) in [6, 6.07) is 15.6. The Bertz CT molecular complexity index is 1010. The van der Waals surface area contributed by atoms with Crippen molar-refractivity contribution in [2.24, 2.45) is 0 Å². The molecule has 1 N–H and O–H groups in total. The zero-order valence-electron chi connectivity index (χ0n) is 12.3. The third-order valence-electron chi connectivity index (χ3n) is 3.62. The maximum atomic E-state index is 11.2. The van der Waals surface area contributed by atoms with Gasteiger partial charge < -0.3 is 9.52 Å². The van der Waals surface area contributed by atoms with Gasteiger partial charge in [0.1, 0.15) is 11.5 Å². The molecular weight excluding hydrogens is 364 g/mol. The molecule has 3 heterocycles. The first-order valence-electron chi connectivity index (χ1n) is 7.19. The number of thiophene rings is 2. The number of carboxylic acid groups (broad SMARTS) is 1. The van der Waals surface area contributed by atoms with Crippen LogP contribution < -0.4 is 0 Å². The lowest BCUT2D eigenvalue weighted by Crippen LogP contribution is -1.99. The van der Waals surface area contributed by atoms with Gasteiger partial charge in [0, 0.05) is 10.3 Å². The summed E-state index contributed by atoms with van der Waals surface area (Å²) in [6.07, 6.45) is -0.0841. The smallest absolute Gasteiger partial charge is 0.307 e. The number of carboxylic acids is 1. The molecule has 0 spiro atoms. The first-order chi connectivity index (χ1) is 11.6. The molecule has 120 valence electrons. The van der Waals surface area contributed by atoms with Crippen LogP contribution in [0.25, 0.3) is 31.4 Å². The summed E-state index contributed by atoms with van der Waals surface area (Å²) in [6.45, 7) is 0. The first-order valence-corrected chi connectivity index (χ1v) is 9.20. The summed E-state index contributed by atoms with van der Waals surface area (Å²) in [5, 5.41) is 10.3. The fraction of sp³-hybridized carbons (Fsp3) is 0.0556. The minimum absolute atomic E-state index is 0.0841. The third kappa shape index (κ3) is 2.86. The largest absolute Gasteiger partial charge is 0.481 e. The van der Waals surface area contributed by atoms with Gasteiger partial charge in [-0.3, -0.25) is 4.79 Å². The second kappa shape index (κ2) is 6.09. The van der Waals surface area contributed by atoms with Crippen molar-refractivity contribution in [3.8, 4) is 21.3 Å². The molecule has 0 radical (unpaired) electrons. The number of benzene rings is 1. The number of rotatable bonds is 4. The van der Waals surface area contributed by atoms with Crippen molar-refractivity contribution in [2.45, 2.75) is 6.42 Å². The Morgan fingerprint density at radius 1 is 1.08 bits per heavy atom. The predicted molar refractivity (Wildman–Crippen MR) is 99.2 cm³/mol. The van der Waals surface area contributed by atoms with Crippen LogP contribution in [-0.2, 0) is 11.2 Å². The molecular formula is C18H11ClO3S2. The highest BCUT2D eigenvalue weighted by Crippen LogP contribution is 2.40. The number of carbonyl (C=O) groups is 1. The van der Waals surface area contributed by atoms with Crippen LogP contribution in [0, 0.1) is 0 Å². The molecule has 0 unspecified atom stereocenters. The van der Waals surface area contributed by atoms with E-state index >= 15 is 0 Å². The van der Waals surface area contributed by atoms with Gasteiger partial charge in [-0.05, 0) is 35.7 Å². The summed E-state index contributed by atoms with van der Waals surface area (Å²) >= 11 is 9.01. The van der Waals surface area contributed by atoms with Crippen LogP contribution in [0.15, 0.2) is 52.9 Å². The minimum Gasteiger partial charge on any atom is -0.481 e. The molecule has 6 heteroatoms.